The van der Waals surface area contributed by atoms with E-state index in [1.54, 1.807) is 15.5 Å². The molecule has 5 nitrogen and oxygen atoms in total. The van der Waals surface area contributed by atoms with Crippen molar-refractivity contribution < 1.29 is 9.18 Å². The fourth-order valence-electron chi connectivity index (χ4n) is 4.02. The van der Waals surface area contributed by atoms with Gasteiger partial charge in [0.25, 0.3) is 11.5 Å². The molecule has 4 rings (SSSR count). The van der Waals surface area contributed by atoms with E-state index in [0.29, 0.717) is 40.4 Å². The summed E-state index contributed by atoms with van der Waals surface area (Å²) in [6.45, 7) is 6.56. The van der Waals surface area contributed by atoms with Crippen LogP contribution in [0.4, 0.5) is 4.39 Å². The minimum absolute atomic E-state index is 0.184. The normalized spacial score (nSPS) is 12.1. The number of carbonyl (C=O) groups excluding carboxylic acids is 1. The number of nitrogens with zero attached hydrogens (tertiary/aromatic N) is 3. The van der Waals surface area contributed by atoms with E-state index in [4.69, 9.17) is 4.98 Å². The zero-order chi connectivity index (χ0) is 24.2. The third kappa shape index (κ3) is 4.76. The van der Waals surface area contributed by atoms with Gasteiger partial charge in [-0.2, -0.15) is 0 Å². The average Bonchev–Trinajstić information content (AvgIpc) is 2.84. The molecule has 0 saturated carbocycles. The first-order valence-electron chi connectivity index (χ1n) is 11.5. The van der Waals surface area contributed by atoms with Crippen LogP contribution in [-0.2, 0) is 0 Å². The number of rotatable bonds is 7. The van der Waals surface area contributed by atoms with Crippen molar-refractivity contribution in [1.82, 2.24) is 14.5 Å². The molecule has 1 aromatic heterocycles. The van der Waals surface area contributed by atoms with Crippen LogP contribution in [0.25, 0.3) is 16.6 Å². The Morgan fingerprint density at radius 2 is 1.59 bits per heavy atom. The fourth-order valence-corrected chi connectivity index (χ4v) is 4.02. The van der Waals surface area contributed by atoms with Gasteiger partial charge in [0.05, 0.1) is 22.6 Å². The van der Waals surface area contributed by atoms with Crippen molar-refractivity contribution in [2.24, 2.45) is 5.92 Å². The van der Waals surface area contributed by atoms with Gasteiger partial charge in [0.2, 0.25) is 0 Å². The van der Waals surface area contributed by atoms with Crippen LogP contribution in [0.5, 0.6) is 0 Å². The lowest BCUT2D eigenvalue weighted by atomic mass is 10.1. The number of amides is 1. The summed E-state index contributed by atoms with van der Waals surface area (Å²) in [6.07, 6.45) is 0.778. The summed E-state index contributed by atoms with van der Waals surface area (Å²) in [5.74, 6) is 0.230. The second kappa shape index (κ2) is 10.00. The smallest absolute Gasteiger partial charge is 0.266 e. The zero-order valence-electron chi connectivity index (χ0n) is 19.6. The first-order valence-corrected chi connectivity index (χ1v) is 11.5. The van der Waals surface area contributed by atoms with Crippen LogP contribution in [-0.4, -0.2) is 26.9 Å². The maximum atomic E-state index is 13.6. The molecule has 0 aliphatic heterocycles. The highest BCUT2D eigenvalue weighted by atomic mass is 19.1. The van der Waals surface area contributed by atoms with Gasteiger partial charge in [-0.3, -0.25) is 14.2 Å². The molecule has 0 aliphatic rings. The van der Waals surface area contributed by atoms with Crippen LogP contribution in [0.1, 0.15) is 49.4 Å². The van der Waals surface area contributed by atoms with Gasteiger partial charge in [-0.25, -0.2) is 9.37 Å². The second-order valence-corrected chi connectivity index (χ2v) is 8.83. The van der Waals surface area contributed by atoms with Gasteiger partial charge < -0.3 is 4.90 Å². The van der Waals surface area contributed by atoms with Crippen LogP contribution in [0.2, 0.25) is 0 Å². The van der Waals surface area contributed by atoms with E-state index < -0.39 is 11.9 Å². The van der Waals surface area contributed by atoms with Gasteiger partial charge in [0.1, 0.15) is 11.6 Å². The maximum absolute atomic E-state index is 13.6. The molecule has 1 unspecified atom stereocenters. The van der Waals surface area contributed by atoms with E-state index in [2.05, 4.69) is 13.8 Å². The van der Waals surface area contributed by atoms with Gasteiger partial charge in [-0.1, -0.05) is 44.2 Å². The zero-order valence-corrected chi connectivity index (χ0v) is 19.6. The highest BCUT2D eigenvalue weighted by molar-refractivity contribution is 5.94. The van der Waals surface area contributed by atoms with Gasteiger partial charge in [-0.15, -0.1) is 0 Å². The number of hydrogen-bond donors (Lipinski definition) is 0. The quantitative estimate of drug-likeness (QED) is 0.354. The van der Waals surface area contributed by atoms with Crippen molar-refractivity contribution in [3.63, 3.8) is 0 Å². The lowest BCUT2D eigenvalue weighted by molar-refractivity contribution is 0.0671. The largest absolute Gasteiger partial charge is 0.329 e. The number of carbonyl (C=O) groups is 1. The summed E-state index contributed by atoms with van der Waals surface area (Å²) in [5, 5.41) is 0.515. The van der Waals surface area contributed by atoms with E-state index in [-0.39, 0.29) is 11.5 Å². The summed E-state index contributed by atoms with van der Waals surface area (Å²) in [7, 11) is 0. The molecule has 1 heterocycles. The molecule has 0 radical (unpaired) electrons. The van der Waals surface area contributed by atoms with Crippen molar-refractivity contribution in [3.8, 4) is 5.69 Å². The Kier molecular flexibility index (Phi) is 6.87. The topological polar surface area (TPSA) is 55.2 Å². The highest BCUT2D eigenvalue weighted by Crippen LogP contribution is 2.25. The number of halogens is 1. The summed E-state index contributed by atoms with van der Waals surface area (Å²) in [5.41, 5.74) is 1.48. The van der Waals surface area contributed by atoms with E-state index in [1.807, 2.05) is 55.5 Å². The maximum Gasteiger partial charge on any atom is 0.266 e. The lowest BCUT2D eigenvalue weighted by Crippen LogP contribution is -2.38. The standard InChI is InChI=1S/C28H28FN3O2/c1-19(2)17-18-31(27(33)21-13-15-22(29)16-14-21)20(3)26-30-25-12-8-7-11-24(25)28(34)32(26)23-9-5-4-6-10-23/h4-16,19-20H,17-18H2,1-3H3. The molecule has 4 aromatic rings. The predicted molar refractivity (Wildman–Crippen MR) is 133 cm³/mol. The van der Waals surface area contributed by atoms with Crippen molar-refractivity contribution >= 4 is 16.8 Å². The number of benzene rings is 3. The summed E-state index contributed by atoms with van der Waals surface area (Å²) in [4.78, 5) is 33.8. The Hall–Kier alpha value is -3.80. The van der Waals surface area contributed by atoms with Gasteiger partial charge in [0, 0.05) is 12.1 Å². The Labute approximate surface area is 198 Å². The number of aromatic nitrogens is 2. The van der Waals surface area contributed by atoms with E-state index >= 15 is 0 Å². The number of fused-ring (bicyclic) bond motifs is 1. The van der Waals surface area contributed by atoms with Gasteiger partial charge in [-0.05, 0) is 67.8 Å². The SMILES string of the molecule is CC(C)CCN(C(=O)c1ccc(F)cc1)C(C)c1nc2ccccc2c(=O)n1-c1ccccc1. The molecule has 0 bridgehead atoms. The molecule has 1 amide bonds. The molecule has 3 aromatic carbocycles. The van der Waals surface area contributed by atoms with Crippen LogP contribution in [0, 0.1) is 11.7 Å². The molecular weight excluding hydrogens is 429 g/mol. The Balaban J connectivity index is 1.88. The molecular formula is C28H28FN3O2. The van der Waals surface area contributed by atoms with E-state index in [0.717, 1.165) is 6.42 Å². The molecule has 0 spiro atoms. The number of para-hydroxylation sites is 2. The van der Waals surface area contributed by atoms with Crippen molar-refractivity contribution in [2.45, 2.75) is 33.2 Å². The monoisotopic (exact) mass is 457 g/mol. The van der Waals surface area contributed by atoms with Gasteiger partial charge >= 0.3 is 0 Å². The molecule has 1 atom stereocenters. The van der Waals surface area contributed by atoms with Crippen LogP contribution in [0.15, 0.2) is 83.7 Å². The second-order valence-electron chi connectivity index (χ2n) is 8.83. The van der Waals surface area contributed by atoms with Crippen LogP contribution in [0.3, 0.4) is 0 Å². The van der Waals surface area contributed by atoms with Crippen molar-refractivity contribution in [2.75, 3.05) is 6.54 Å². The first-order chi connectivity index (χ1) is 16.4. The van der Waals surface area contributed by atoms with Crippen LogP contribution >= 0.6 is 0 Å². The average molecular weight is 458 g/mol. The number of hydrogen-bond acceptors (Lipinski definition) is 3. The summed E-state index contributed by atoms with van der Waals surface area (Å²) < 4.78 is 15.1. The van der Waals surface area contributed by atoms with E-state index in [9.17, 15) is 14.0 Å². The van der Waals surface area contributed by atoms with Crippen molar-refractivity contribution in [1.29, 1.82) is 0 Å². The lowest BCUT2D eigenvalue weighted by Gasteiger charge is -2.31. The molecule has 0 aliphatic carbocycles. The third-order valence-electron chi connectivity index (χ3n) is 5.96. The highest BCUT2D eigenvalue weighted by Gasteiger charge is 2.27. The van der Waals surface area contributed by atoms with Crippen molar-refractivity contribution in [3.05, 3.63) is 106 Å². The molecule has 34 heavy (non-hydrogen) atoms. The van der Waals surface area contributed by atoms with Gasteiger partial charge in [0.15, 0.2) is 0 Å². The van der Waals surface area contributed by atoms with Crippen LogP contribution < -0.4 is 5.56 Å². The summed E-state index contributed by atoms with van der Waals surface area (Å²) >= 11 is 0. The molecule has 0 N–H and O–H groups in total. The Morgan fingerprint density at radius 3 is 2.26 bits per heavy atom. The Morgan fingerprint density at radius 1 is 0.941 bits per heavy atom. The molecule has 174 valence electrons. The molecule has 0 fully saturated rings. The Bertz CT molecular complexity index is 1350. The third-order valence-corrected chi connectivity index (χ3v) is 5.96. The fraction of sp³-hybridized carbons (Fsp3) is 0.250. The minimum Gasteiger partial charge on any atom is -0.329 e. The molecule has 6 heteroatoms. The first kappa shape index (κ1) is 23.4. The predicted octanol–water partition coefficient (Wildman–Crippen LogP) is 5.77. The van der Waals surface area contributed by atoms with E-state index in [1.165, 1.54) is 24.3 Å². The molecule has 0 saturated heterocycles. The summed E-state index contributed by atoms with van der Waals surface area (Å²) in [6, 6.07) is 21.6. The minimum atomic E-state index is -0.506.